The highest BCUT2D eigenvalue weighted by atomic mass is 16.3. The molecule has 1 saturated heterocycles. The van der Waals surface area contributed by atoms with Crippen LogP contribution < -0.4 is 5.32 Å². The van der Waals surface area contributed by atoms with Crippen LogP contribution in [0, 0.1) is 0 Å². The largest absolute Gasteiger partial charge is 0.395 e. The average molecular weight is 147 g/mol. The van der Waals surface area contributed by atoms with Gasteiger partial charge in [-0.15, -0.1) is 0 Å². The van der Waals surface area contributed by atoms with Crippen LogP contribution in [0.5, 0.6) is 0 Å². The van der Waals surface area contributed by atoms with Gasteiger partial charge in [0, 0.05) is 6.04 Å². The van der Waals surface area contributed by atoms with E-state index in [1.807, 2.05) is 0 Å². The van der Waals surface area contributed by atoms with Gasteiger partial charge < -0.3 is 20.6 Å². The number of aliphatic hydroxyl groups excluding tert-OH is 3. The van der Waals surface area contributed by atoms with Crippen molar-refractivity contribution in [1.29, 1.82) is 0 Å². The van der Waals surface area contributed by atoms with Gasteiger partial charge in [0.15, 0.2) is 0 Å². The fraction of sp³-hybridized carbons (Fsp3) is 1.00. The molecular formula is C6H13NO3. The standard InChI is InChI=1S/C6H13NO3/c1-3-5(9)6(10)4(2-8)7-3/h3-10H,2H2,1H3/t3-,4+,5-,6-/m0/s1. The zero-order valence-electron chi connectivity index (χ0n) is 5.86. The van der Waals surface area contributed by atoms with Gasteiger partial charge >= 0.3 is 0 Å². The van der Waals surface area contributed by atoms with Crippen LogP contribution in [0.2, 0.25) is 0 Å². The maximum absolute atomic E-state index is 9.16. The molecule has 0 unspecified atom stereocenters. The lowest BCUT2D eigenvalue weighted by atomic mass is 10.1. The first-order valence-corrected chi connectivity index (χ1v) is 3.40. The van der Waals surface area contributed by atoms with Crippen molar-refractivity contribution < 1.29 is 15.3 Å². The second kappa shape index (κ2) is 2.84. The van der Waals surface area contributed by atoms with Crippen LogP contribution in [0.4, 0.5) is 0 Å². The van der Waals surface area contributed by atoms with Gasteiger partial charge in [-0.1, -0.05) is 0 Å². The van der Waals surface area contributed by atoms with Crippen molar-refractivity contribution >= 4 is 0 Å². The summed E-state index contributed by atoms with van der Waals surface area (Å²) in [5, 5.41) is 29.8. The van der Waals surface area contributed by atoms with Gasteiger partial charge in [0.2, 0.25) is 0 Å². The average Bonchev–Trinajstić information content (AvgIpc) is 2.17. The predicted octanol–water partition coefficient (Wildman–Crippen LogP) is -1.94. The van der Waals surface area contributed by atoms with E-state index in [0.29, 0.717) is 0 Å². The molecule has 0 amide bonds. The zero-order chi connectivity index (χ0) is 7.72. The highest BCUT2D eigenvalue weighted by Crippen LogP contribution is 2.12. The molecule has 1 heterocycles. The summed E-state index contributed by atoms with van der Waals surface area (Å²) in [6, 6.07) is -0.503. The van der Waals surface area contributed by atoms with Crippen LogP contribution in [-0.2, 0) is 0 Å². The van der Waals surface area contributed by atoms with E-state index in [0.717, 1.165) is 0 Å². The minimum atomic E-state index is -0.833. The van der Waals surface area contributed by atoms with Gasteiger partial charge in [0.1, 0.15) is 0 Å². The monoisotopic (exact) mass is 147 g/mol. The highest BCUT2D eigenvalue weighted by molar-refractivity contribution is 4.95. The lowest BCUT2D eigenvalue weighted by molar-refractivity contribution is 0.0214. The number of hydrogen-bond donors (Lipinski definition) is 4. The molecule has 0 radical (unpaired) electrons. The summed E-state index contributed by atoms with van der Waals surface area (Å²) in [6.45, 7) is 1.63. The second-order valence-corrected chi connectivity index (χ2v) is 2.73. The van der Waals surface area contributed by atoms with E-state index in [2.05, 4.69) is 5.32 Å². The normalized spacial score (nSPS) is 48.0. The molecule has 0 aromatic heterocycles. The van der Waals surface area contributed by atoms with Crippen LogP contribution in [0.3, 0.4) is 0 Å². The molecule has 1 fully saturated rings. The number of nitrogens with one attached hydrogen (secondary N) is 1. The molecule has 0 saturated carbocycles. The lowest BCUT2D eigenvalue weighted by Gasteiger charge is -2.11. The fourth-order valence-electron chi connectivity index (χ4n) is 1.23. The molecule has 4 atom stereocenters. The van der Waals surface area contributed by atoms with E-state index in [4.69, 9.17) is 15.3 Å². The zero-order valence-corrected chi connectivity index (χ0v) is 5.86. The highest BCUT2D eigenvalue weighted by Gasteiger charge is 2.37. The Bertz CT molecular complexity index is 120. The minimum Gasteiger partial charge on any atom is -0.395 e. The lowest BCUT2D eigenvalue weighted by Crippen LogP contribution is -2.36. The van der Waals surface area contributed by atoms with Crippen molar-refractivity contribution in [2.45, 2.75) is 31.2 Å². The summed E-state index contributed by atoms with van der Waals surface area (Å²) >= 11 is 0. The SMILES string of the molecule is C[C@@H]1N[C@H](CO)[C@H](O)[C@H]1O. The van der Waals surface area contributed by atoms with Crippen LogP contribution in [0.25, 0.3) is 0 Å². The molecule has 60 valence electrons. The summed E-state index contributed by atoms with van der Waals surface area (Å²) in [4.78, 5) is 0. The first-order chi connectivity index (χ1) is 4.66. The molecule has 0 aromatic carbocycles. The minimum absolute atomic E-state index is 0.132. The third-order valence-corrected chi connectivity index (χ3v) is 1.95. The maximum Gasteiger partial charge on any atom is 0.0989 e. The number of hydrogen-bond acceptors (Lipinski definition) is 4. The third kappa shape index (κ3) is 1.15. The van der Waals surface area contributed by atoms with Crippen LogP contribution >= 0.6 is 0 Å². The van der Waals surface area contributed by atoms with Crippen LogP contribution in [0.15, 0.2) is 0 Å². The second-order valence-electron chi connectivity index (χ2n) is 2.73. The van der Waals surface area contributed by atoms with Gasteiger partial charge in [-0.3, -0.25) is 0 Å². The molecular weight excluding hydrogens is 134 g/mol. The molecule has 1 aliphatic heterocycles. The molecule has 1 rings (SSSR count). The van der Waals surface area contributed by atoms with E-state index < -0.39 is 12.2 Å². The number of aliphatic hydroxyl groups is 3. The smallest absolute Gasteiger partial charge is 0.0989 e. The molecule has 0 aromatic rings. The van der Waals surface area contributed by atoms with Crippen molar-refractivity contribution in [3.8, 4) is 0 Å². The van der Waals surface area contributed by atoms with Gasteiger partial charge in [-0.2, -0.15) is 0 Å². The predicted molar refractivity (Wildman–Crippen MR) is 35.5 cm³/mol. The Hall–Kier alpha value is -0.160. The van der Waals surface area contributed by atoms with E-state index >= 15 is 0 Å². The van der Waals surface area contributed by atoms with E-state index in [9.17, 15) is 0 Å². The summed E-state index contributed by atoms with van der Waals surface area (Å²) in [6.07, 6.45) is -1.59. The van der Waals surface area contributed by atoms with Crippen LogP contribution in [-0.4, -0.2) is 46.2 Å². The molecule has 4 nitrogen and oxygen atoms in total. The Balaban J connectivity index is 2.53. The van der Waals surface area contributed by atoms with Crippen LogP contribution in [0.1, 0.15) is 6.92 Å². The van der Waals surface area contributed by atoms with Crippen molar-refractivity contribution in [3.05, 3.63) is 0 Å². The Kier molecular flexibility index (Phi) is 2.25. The summed E-state index contributed by atoms with van der Waals surface area (Å²) in [5.74, 6) is 0. The van der Waals surface area contributed by atoms with Crippen molar-refractivity contribution in [1.82, 2.24) is 5.32 Å². The first-order valence-electron chi connectivity index (χ1n) is 3.40. The molecule has 0 spiro atoms. The summed E-state index contributed by atoms with van der Waals surface area (Å²) in [7, 11) is 0. The molecule has 4 N–H and O–H groups in total. The summed E-state index contributed by atoms with van der Waals surface area (Å²) in [5.41, 5.74) is 0. The molecule has 1 aliphatic rings. The maximum atomic E-state index is 9.16. The van der Waals surface area contributed by atoms with Gasteiger partial charge in [0.25, 0.3) is 0 Å². The quantitative estimate of drug-likeness (QED) is 0.348. The van der Waals surface area contributed by atoms with Gasteiger partial charge in [0.05, 0.1) is 24.9 Å². The van der Waals surface area contributed by atoms with Crippen molar-refractivity contribution in [3.63, 3.8) is 0 Å². The van der Waals surface area contributed by atoms with Crippen molar-refractivity contribution in [2.75, 3.05) is 6.61 Å². The van der Waals surface area contributed by atoms with E-state index in [-0.39, 0.29) is 18.7 Å². The third-order valence-electron chi connectivity index (χ3n) is 1.95. The fourth-order valence-corrected chi connectivity index (χ4v) is 1.23. The van der Waals surface area contributed by atoms with Crippen molar-refractivity contribution in [2.24, 2.45) is 0 Å². The molecule has 0 aliphatic carbocycles. The molecule has 10 heavy (non-hydrogen) atoms. The Morgan fingerprint density at radius 3 is 2.10 bits per heavy atom. The topological polar surface area (TPSA) is 72.7 Å². The van der Waals surface area contributed by atoms with E-state index in [1.165, 1.54) is 0 Å². The molecule has 0 bridgehead atoms. The van der Waals surface area contributed by atoms with Gasteiger partial charge in [-0.25, -0.2) is 0 Å². The number of rotatable bonds is 1. The Morgan fingerprint density at radius 2 is 1.90 bits per heavy atom. The summed E-state index contributed by atoms with van der Waals surface area (Å²) < 4.78 is 0. The molecule has 4 heteroatoms. The first kappa shape index (κ1) is 7.94. The van der Waals surface area contributed by atoms with E-state index in [1.54, 1.807) is 6.92 Å². The Labute approximate surface area is 59.5 Å². The Morgan fingerprint density at radius 1 is 1.30 bits per heavy atom. The van der Waals surface area contributed by atoms with Gasteiger partial charge in [-0.05, 0) is 6.92 Å².